The Morgan fingerprint density at radius 2 is 2.37 bits per heavy atom. The van der Waals surface area contributed by atoms with E-state index in [0.717, 1.165) is 25.9 Å². The second-order valence-electron chi connectivity index (χ2n) is 5.05. The van der Waals surface area contributed by atoms with E-state index in [0.29, 0.717) is 30.5 Å². The van der Waals surface area contributed by atoms with E-state index in [4.69, 9.17) is 15.2 Å². The van der Waals surface area contributed by atoms with Crippen LogP contribution >= 0.6 is 0 Å². The number of nitrogen functional groups attached to an aromatic ring is 1. The third kappa shape index (κ3) is 3.47. The van der Waals surface area contributed by atoms with Gasteiger partial charge in [-0.3, -0.25) is 0 Å². The van der Waals surface area contributed by atoms with Crippen LogP contribution in [0.1, 0.15) is 33.1 Å². The van der Waals surface area contributed by atoms with Crippen LogP contribution in [-0.4, -0.2) is 35.3 Å². The summed E-state index contributed by atoms with van der Waals surface area (Å²) in [5.74, 6) is 1.05. The van der Waals surface area contributed by atoms with E-state index in [1.165, 1.54) is 6.33 Å². The lowest BCUT2D eigenvalue weighted by molar-refractivity contribution is 0.0315. The molecule has 0 amide bonds. The molecule has 0 spiro atoms. The van der Waals surface area contributed by atoms with Gasteiger partial charge in [-0.05, 0) is 26.2 Å². The molecule has 0 radical (unpaired) electrons. The minimum Gasteiger partial charge on any atom is -0.476 e. The van der Waals surface area contributed by atoms with Crippen LogP contribution in [0.15, 0.2) is 6.33 Å². The summed E-state index contributed by atoms with van der Waals surface area (Å²) in [5, 5.41) is 3.23. The highest BCUT2D eigenvalue weighted by molar-refractivity contribution is 5.66. The Bertz CT molecular complexity index is 419. The summed E-state index contributed by atoms with van der Waals surface area (Å²) in [4.78, 5) is 8.20. The zero-order valence-corrected chi connectivity index (χ0v) is 11.6. The lowest BCUT2D eigenvalue weighted by Crippen LogP contribution is -2.33. The molecule has 1 fully saturated rings. The molecule has 6 heteroatoms. The topological polar surface area (TPSA) is 82.3 Å². The number of ether oxygens (including phenoxy) is 2. The van der Waals surface area contributed by atoms with E-state index < -0.39 is 0 Å². The lowest BCUT2D eigenvalue weighted by Gasteiger charge is -2.24. The number of nitrogens with one attached hydrogen (secondary N) is 1. The Morgan fingerprint density at radius 1 is 1.53 bits per heavy atom. The van der Waals surface area contributed by atoms with Crippen molar-refractivity contribution in [1.82, 2.24) is 9.97 Å². The third-order valence-corrected chi connectivity index (χ3v) is 3.22. The molecule has 0 aliphatic carbocycles. The van der Waals surface area contributed by atoms with Gasteiger partial charge < -0.3 is 20.5 Å². The van der Waals surface area contributed by atoms with Gasteiger partial charge in [-0.2, -0.15) is 4.98 Å². The molecule has 1 atom stereocenters. The van der Waals surface area contributed by atoms with Crippen LogP contribution in [0.2, 0.25) is 0 Å². The van der Waals surface area contributed by atoms with Crippen LogP contribution in [0, 0.1) is 0 Å². The Morgan fingerprint density at radius 3 is 3.05 bits per heavy atom. The van der Waals surface area contributed by atoms with Crippen molar-refractivity contribution in [1.29, 1.82) is 0 Å². The SMILES string of the molecule is CCCOc1ncnc(NCC2(C)CCCO2)c1N. The van der Waals surface area contributed by atoms with Crippen molar-refractivity contribution in [3.63, 3.8) is 0 Å². The molecule has 1 aromatic heterocycles. The summed E-state index contributed by atoms with van der Waals surface area (Å²) in [6.07, 6.45) is 4.52. The molecule has 1 aliphatic rings. The molecule has 3 N–H and O–H groups in total. The van der Waals surface area contributed by atoms with Gasteiger partial charge in [0.1, 0.15) is 12.0 Å². The third-order valence-electron chi connectivity index (χ3n) is 3.22. The van der Waals surface area contributed by atoms with Crippen molar-refractivity contribution in [2.75, 3.05) is 30.8 Å². The molecule has 6 nitrogen and oxygen atoms in total. The van der Waals surface area contributed by atoms with Gasteiger partial charge >= 0.3 is 0 Å². The zero-order chi connectivity index (χ0) is 13.7. The molecule has 1 saturated heterocycles. The quantitative estimate of drug-likeness (QED) is 0.817. The first-order valence-corrected chi connectivity index (χ1v) is 6.76. The smallest absolute Gasteiger partial charge is 0.242 e. The molecule has 1 unspecified atom stereocenters. The molecule has 106 valence electrons. The van der Waals surface area contributed by atoms with Crippen LogP contribution in [0.4, 0.5) is 11.5 Å². The molecular formula is C13H22N4O2. The summed E-state index contributed by atoms with van der Waals surface area (Å²) >= 11 is 0. The predicted octanol–water partition coefficient (Wildman–Crippen LogP) is 1.83. The molecule has 0 saturated carbocycles. The van der Waals surface area contributed by atoms with Crippen LogP contribution in [0.3, 0.4) is 0 Å². The van der Waals surface area contributed by atoms with E-state index in [1.54, 1.807) is 0 Å². The van der Waals surface area contributed by atoms with Gasteiger partial charge in [-0.25, -0.2) is 4.98 Å². The number of aromatic nitrogens is 2. The molecule has 19 heavy (non-hydrogen) atoms. The summed E-state index contributed by atoms with van der Waals surface area (Å²) < 4.78 is 11.2. The minimum absolute atomic E-state index is 0.137. The van der Waals surface area contributed by atoms with Crippen LogP contribution < -0.4 is 15.8 Å². The minimum atomic E-state index is -0.137. The maximum Gasteiger partial charge on any atom is 0.242 e. The van der Waals surface area contributed by atoms with E-state index in [1.807, 2.05) is 6.92 Å². The number of nitrogens with zero attached hydrogens (tertiary/aromatic N) is 2. The van der Waals surface area contributed by atoms with Crippen LogP contribution in [0.5, 0.6) is 5.88 Å². The van der Waals surface area contributed by atoms with Gasteiger partial charge in [0.15, 0.2) is 5.82 Å². The first-order valence-electron chi connectivity index (χ1n) is 6.76. The van der Waals surface area contributed by atoms with Gasteiger partial charge in [0, 0.05) is 13.2 Å². The number of rotatable bonds is 6. The Balaban J connectivity index is 1.99. The first kappa shape index (κ1) is 13.9. The normalized spacial score (nSPS) is 22.4. The summed E-state index contributed by atoms with van der Waals surface area (Å²) in [6.45, 7) is 6.24. The predicted molar refractivity (Wildman–Crippen MR) is 74.3 cm³/mol. The van der Waals surface area contributed by atoms with Crippen molar-refractivity contribution in [3.8, 4) is 5.88 Å². The molecular weight excluding hydrogens is 244 g/mol. The Hall–Kier alpha value is -1.56. The Labute approximate surface area is 113 Å². The van der Waals surface area contributed by atoms with Crippen LogP contribution in [-0.2, 0) is 4.74 Å². The maximum atomic E-state index is 6.00. The highest BCUT2D eigenvalue weighted by atomic mass is 16.5. The largest absolute Gasteiger partial charge is 0.476 e. The monoisotopic (exact) mass is 266 g/mol. The first-order chi connectivity index (χ1) is 9.14. The summed E-state index contributed by atoms with van der Waals surface area (Å²) in [6, 6.07) is 0. The van der Waals surface area contributed by atoms with Crippen molar-refractivity contribution >= 4 is 11.5 Å². The highest BCUT2D eigenvalue weighted by Crippen LogP contribution is 2.28. The summed E-state index contributed by atoms with van der Waals surface area (Å²) in [5.41, 5.74) is 6.32. The molecule has 0 bridgehead atoms. The number of nitrogens with two attached hydrogens (primary N) is 1. The molecule has 2 heterocycles. The van der Waals surface area contributed by atoms with Crippen molar-refractivity contribution in [2.24, 2.45) is 0 Å². The standard InChI is InChI=1S/C13H22N4O2/c1-3-6-18-12-10(14)11(16-9-17-12)15-8-13(2)5-4-7-19-13/h9H,3-8,14H2,1-2H3,(H,15,16,17). The number of anilines is 2. The van der Waals surface area contributed by atoms with Gasteiger partial charge in [-0.15, -0.1) is 0 Å². The van der Waals surface area contributed by atoms with Crippen molar-refractivity contribution < 1.29 is 9.47 Å². The molecule has 1 aliphatic heterocycles. The maximum absolute atomic E-state index is 6.00. The molecule has 1 aromatic rings. The van der Waals surface area contributed by atoms with E-state index in [2.05, 4.69) is 22.2 Å². The second-order valence-corrected chi connectivity index (χ2v) is 5.05. The molecule has 2 rings (SSSR count). The second kappa shape index (κ2) is 6.06. The van der Waals surface area contributed by atoms with Gasteiger partial charge in [0.25, 0.3) is 0 Å². The summed E-state index contributed by atoms with van der Waals surface area (Å²) in [7, 11) is 0. The number of hydrogen-bond acceptors (Lipinski definition) is 6. The molecule has 0 aromatic carbocycles. The number of hydrogen-bond donors (Lipinski definition) is 2. The van der Waals surface area contributed by atoms with Gasteiger partial charge in [-0.1, -0.05) is 6.92 Å². The Kier molecular flexibility index (Phi) is 4.42. The fraction of sp³-hybridized carbons (Fsp3) is 0.692. The zero-order valence-electron chi connectivity index (χ0n) is 11.6. The average molecular weight is 266 g/mol. The van der Waals surface area contributed by atoms with Crippen LogP contribution in [0.25, 0.3) is 0 Å². The van der Waals surface area contributed by atoms with Gasteiger partial charge in [0.05, 0.1) is 12.2 Å². The van der Waals surface area contributed by atoms with E-state index in [-0.39, 0.29) is 5.60 Å². The van der Waals surface area contributed by atoms with E-state index in [9.17, 15) is 0 Å². The average Bonchev–Trinajstić information content (AvgIpc) is 2.84. The van der Waals surface area contributed by atoms with Crippen molar-refractivity contribution in [2.45, 2.75) is 38.7 Å². The van der Waals surface area contributed by atoms with Gasteiger partial charge in [0.2, 0.25) is 5.88 Å². The fourth-order valence-corrected chi connectivity index (χ4v) is 2.08. The van der Waals surface area contributed by atoms with E-state index >= 15 is 0 Å². The lowest BCUT2D eigenvalue weighted by atomic mass is 10.0. The fourth-order valence-electron chi connectivity index (χ4n) is 2.08. The highest BCUT2D eigenvalue weighted by Gasteiger charge is 2.29. The van der Waals surface area contributed by atoms with Crippen molar-refractivity contribution in [3.05, 3.63) is 6.33 Å².